The van der Waals surface area contributed by atoms with E-state index >= 15 is 0 Å². The van der Waals surface area contributed by atoms with Crippen molar-refractivity contribution in [2.45, 2.75) is 11.9 Å². The van der Waals surface area contributed by atoms with Gasteiger partial charge in [0, 0.05) is 11.6 Å². The van der Waals surface area contributed by atoms with Crippen LogP contribution in [-0.2, 0) is 10.0 Å². The van der Waals surface area contributed by atoms with Gasteiger partial charge in [-0.2, -0.15) is 15.0 Å². The van der Waals surface area contributed by atoms with Gasteiger partial charge in [0.05, 0.1) is 5.69 Å². The summed E-state index contributed by atoms with van der Waals surface area (Å²) >= 11 is 1.20. The van der Waals surface area contributed by atoms with E-state index in [2.05, 4.69) is 10.1 Å². The number of thiazole rings is 1. The van der Waals surface area contributed by atoms with Gasteiger partial charge in [0.15, 0.2) is 5.03 Å². The summed E-state index contributed by atoms with van der Waals surface area (Å²) in [6, 6.07) is 1.79. The van der Waals surface area contributed by atoms with Gasteiger partial charge in [-0.25, -0.2) is 18.5 Å². The molecule has 2 rings (SSSR count). The fraction of sp³-hybridized carbons (Fsp3) is 0.125. The number of nitrogens with zero attached hydrogens (tertiary/aromatic N) is 4. The number of nitriles is 1. The summed E-state index contributed by atoms with van der Waals surface area (Å²) in [5, 5.41) is 19.7. The first-order valence-corrected chi connectivity index (χ1v) is 6.80. The molecule has 0 atom stereocenters. The van der Waals surface area contributed by atoms with Crippen molar-refractivity contribution in [3.63, 3.8) is 0 Å². The van der Waals surface area contributed by atoms with Crippen LogP contribution in [0.25, 0.3) is 5.13 Å². The summed E-state index contributed by atoms with van der Waals surface area (Å²) < 4.78 is 24.0. The Balaban J connectivity index is 2.84. The molecule has 9 heteroatoms. The van der Waals surface area contributed by atoms with Gasteiger partial charge in [-0.1, -0.05) is 0 Å². The molecule has 0 aliphatic carbocycles. The maximum atomic E-state index is 11.5. The highest BCUT2D eigenvalue weighted by atomic mass is 32.2. The van der Waals surface area contributed by atoms with E-state index in [-0.39, 0.29) is 10.6 Å². The van der Waals surface area contributed by atoms with Crippen molar-refractivity contribution >= 4 is 21.4 Å². The molecule has 0 aliphatic rings. The minimum atomic E-state index is -4.04. The van der Waals surface area contributed by atoms with E-state index in [1.807, 2.05) is 0 Å². The average Bonchev–Trinajstić information content (AvgIpc) is 2.81. The lowest BCUT2D eigenvalue weighted by Crippen LogP contribution is -2.18. The Morgan fingerprint density at radius 2 is 2.29 bits per heavy atom. The van der Waals surface area contributed by atoms with Gasteiger partial charge in [0.1, 0.15) is 11.6 Å². The van der Waals surface area contributed by atoms with Crippen LogP contribution in [0.1, 0.15) is 11.3 Å². The molecule has 0 unspecified atom stereocenters. The molecule has 17 heavy (non-hydrogen) atoms. The third-order valence-corrected chi connectivity index (χ3v) is 3.66. The smallest absolute Gasteiger partial charge is 0.227 e. The van der Waals surface area contributed by atoms with Crippen LogP contribution < -0.4 is 5.14 Å². The lowest BCUT2D eigenvalue weighted by Gasteiger charge is -2.01. The second kappa shape index (κ2) is 3.92. The van der Waals surface area contributed by atoms with Gasteiger partial charge >= 0.3 is 0 Å². The van der Waals surface area contributed by atoms with Crippen LogP contribution in [0.2, 0.25) is 0 Å². The lowest BCUT2D eigenvalue weighted by molar-refractivity contribution is 0.587. The molecule has 2 N–H and O–H groups in total. The molecule has 0 saturated heterocycles. The molecule has 0 saturated carbocycles. The van der Waals surface area contributed by atoms with Crippen LogP contribution in [0.3, 0.4) is 0 Å². The first-order valence-electron chi connectivity index (χ1n) is 4.37. The van der Waals surface area contributed by atoms with Crippen molar-refractivity contribution < 1.29 is 8.42 Å². The topological polar surface area (TPSA) is 115 Å². The SMILES string of the molecule is Cc1nn(-c2nccs2)c(S(N)(=O)=O)c1C#N. The van der Waals surface area contributed by atoms with E-state index in [1.54, 1.807) is 11.4 Å². The van der Waals surface area contributed by atoms with Crippen molar-refractivity contribution in [3.8, 4) is 11.2 Å². The van der Waals surface area contributed by atoms with Gasteiger partial charge in [-0.05, 0) is 6.92 Å². The monoisotopic (exact) mass is 269 g/mol. The maximum absolute atomic E-state index is 11.5. The van der Waals surface area contributed by atoms with Crippen molar-refractivity contribution in [3.05, 3.63) is 22.8 Å². The van der Waals surface area contributed by atoms with Gasteiger partial charge < -0.3 is 0 Å². The molecule has 2 heterocycles. The highest BCUT2D eigenvalue weighted by Gasteiger charge is 2.26. The largest absolute Gasteiger partial charge is 0.257 e. The molecular weight excluding hydrogens is 262 g/mol. The Morgan fingerprint density at radius 3 is 2.76 bits per heavy atom. The van der Waals surface area contributed by atoms with E-state index in [9.17, 15) is 8.42 Å². The number of hydrogen-bond donors (Lipinski definition) is 1. The quantitative estimate of drug-likeness (QED) is 0.833. The summed E-state index contributed by atoms with van der Waals surface area (Å²) in [5.41, 5.74) is 0.245. The van der Waals surface area contributed by atoms with E-state index in [0.29, 0.717) is 10.8 Å². The van der Waals surface area contributed by atoms with E-state index in [1.165, 1.54) is 24.5 Å². The minimum absolute atomic E-state index is 0.0531. The molecule has 0 radical (unpaired) electrons. The Bertz CT molecular complexity index is 693. The molecule has 0 amide bonds. The van der Waals surface area contributed by atoms with Crippen molar-refractivity contribution in [1.29, 1.82) is 5.26 Å². The highest BCUT2D eigenvalue weighted by molar-refractivity contribution is 7.89. The Kier molecular flexibility index (Phi) is 2.70. The fourth-order valence-electron chi connectivity index (χ4n) is 1.35. The first kappa shape index (κ1) is 11.7. The number of aryl methyl sites for hydroxylation is 1. The minimum Gasteiger partial charge on any atom is -0.227 e. The standard InChI is InChI=1S/C8H7N5O2S2/c1-5-6(4-9)7(17(10,14)15)13(12-5)8-11-2-3-16-8/h2-3H,1H3,(H2,10,14,15). The Labute approximate surface area is 101 Å². The van der Waals surface area contributed by atoms with Crippen molar-refractivity contribution in [2.24, 2.45) is 5.14 Å². The van der Waals surface area contributed by atoms with Crippen molar-refractivity contribution in [1.82, 2.24) is 14.8 Å². The third-order valence-electron chi connectivity index (χ3n) is 2.00. The zero-order valence-corrected chi connectivity index (χ0v) is 10.3. The average molecular weight is 269 g/mol. The van der Waals surface area contributed by atoms with Crippen molar-refractivity contribution in [2.75, 3.05) is 0 Å². The summed E-state index contributed by atoms with van der Waals surface area (Å²) in [6.07, 6.45) is 1.51. The van der Waals surface area contributed by atoms with Crippen LogP contribution in [0.5, 0.6) is 0 Å². The van der Waals surface area contributed by atoms with Gasteiger partial charge in [0.2, 0.25) is 5.13 Å². The zero-order chi connectivity index (χ0) is 12.6. The number of rotatable bonds is 2. The number of nitrogens with two attached hydrogens (primary N) is 1. The van der Waals surface area contributed by atoms with Gasteiger partial charge in [-0.15, -0.1) is 11.3 Å². The first-order chi connectivity index (χ1) is 7.95. The second-order valence-corrected chi connectivity index (χ2v) is 5.50. The maximum Gasteiger partial charge on any atom is 0.257 e. The molecule has 88 valence electrons. The Morgan fingerprint density at radius 1 is 1.59 bits per heavy atom. The highest BCUT2D eigenvalue weighted by Crippen LogP contribution is 2.22. The number of sulfonamides is 1. The summed E-state index contributed by atoms with van der Waals surface area (Å²) in [6.45, 7) is 1.54. The molecule has 7 nitrogen and oxygen atoms in total. The molecule has 2 aromatic rings. The number of aromatic nitrogens is 3. The van der Waals surface area contributed by atoms with Crippen LogP contribution >= 0.6 is 11.3 Å². The molecule has 0 aromatic carbocycles. The van der Waals surface area contributed by atoms with Crippen LogP contribution in [-0.4, -0.2) is 23.2 Å². The molecule has 0 aliphatic heterocycles. The summed E-state index contributed by atoms with van der Waals surface area (Å²) in [5.74, 6) is 0. The van der Waals surface area contributed by atoms with Crippen LogP contribution in [0.4, 0.5) is 0 Å². The molecule has 2 aromatic heterocycles. The fourth-order valence-corrected chi connectivity index (χ4v) is 2.85. The predicted molar refractivity (Wildman–Crippen MR) is 60.1 cm³/mol. The summed E-state index contributed by atoms with van der Waals surface area (Å²) in [4.78, 5) is 3.94. The normalized spacial score (nSPS) is 11.4. The predicted octanol–water partition coefficient (Wildman–Crippen LogP) is 0.156. The molecule has 0 bridgehead atoms. The molecule has 0 fully saturated rings. The molecule has 0 spiro atoms. The van der Waals surface area contributed by atoms with Crippen LogP contribution in [0.15, 0.2) is 16.6 Å². The van der Waals surface area contributed by atoms with E-state index in [4.69, 9.17) is 10.4 Å². The van der Waals surface area contributed by atoms with Gasteiger partial charge in [-0.3, -0.25) is 0 Å². The Hall–Kier alpha value is -1.76. The lowest BCUT2D eigenvalue weighted by atomic mass is 10.3. The summed E-state index contributed by atoms with van der Waals surface area (Å²) in [7, 11) is -4.04. The zero-order valence-electron chi connectivity index (χ0n) is 8.65. The number of hydrogen-bond acceptors (Lipinski definition) is 6. The van der Waals surface area contributed by atoms with Gasteiger partial charge in [0.25, 0.3) is 10.0 Å². The second-order valence-electron chi connectivity index (χ2n) is 3.15. The van der Waals surface area contributed by atoms with E-state index < -0.39 is 10.0 Å². The number of primary sulfonamides is 1. The van der Waals surface area contributed by atoms with E-state index in [0.717, 1.165) is 4.68 Å². The molecular formula is C8H7N5O2S2. The van der Waals surface area contributed by atoms with Crippen LogP contribution in [0, 0.1) is 18.3 Å². The third kappa shape index (κ3) is 1.93.